The second kappa shape index (κ2) is 3.99. The quantitative estimate of drug-likeness (QED) is 0.690. The Morgan fingerprint density at radius 2 is 2.43 bits per heavy atom. The van der Waals surface area contributed by atoms with Gasteiger partial charge in [0.1, 0.15) is 10.9 Å². The second-order valence-corrected chi connectivity index (χ2v) is 4.27. The van der Waals surface area contributed by atoms with E-state index < -0.39 is 0 Å². The zero-order valence-electron chi connectivity index (χ0n) is 7.40. The van der Waals surface area contributed by atoms with Crippen LogP contribution in [-0.4, -0.2) is 18.1 Å². The molecule has 14 heavy (non-hydrogen) atoms. The van der Waals surface area contributed by atoms with E-state index in [9.17, 15) is 0 Å². The van der Waals surface area contributed by atoms with Crippen molar-refractivity contribution >= 4 is 28.1 Å². The van der Waals surface area contributed by atoms with Gasteiger partial charge >= 0.3 is 0 Å². The third-order valence-corrected chi connectivity index (χ3v) is 3.41. The molecule has 0 fully saturated rings. The van der Waals surface area contributed by atoms with Gasteiger partial charge in [0.05, 0.1) is 0 Å². The first-order chi connectivity index (χ1) is 6.81. The molecule has 1 aliphatic heterocycles. The minimum Gasteiger partial charge on any atom is -0.344 e. The molecule has 1 aliphatic rings. The van der Waals surface area contributed by atoms with E-state index in [1.54, 1.807) is 0 Å². The zero-order valence-corrected chi connectivity index (χ0v) is 8.98. The number of hydrogen-bond acceptors (Lipinski definition) is 4. The number of nitrogens with zero attached hydrogens (tertiary/aromatic N) is 3. The Morgan fingerprint density at radius 3 is 3.00 bits per heavy atom. The topological polar surface area (TPSA) is 39.9 Å². The van der Waals surface area contributed by atoms with Crippen molar-refractivity contribution in [3.63, 3.8) is 0 Å². The predicted molar refractivity (Wildman–Crippen MR) is 57.8 cm³/mol. The SMILES string of the molecule is N#Cc1sc(N2CC=CCC2)nc1Cl. The highest BCUT2D eigenvalue weighted by Gasteiger charge is 2.14. The molecule has 1 aromatic rings. The van der Waals surface area contributed by atoms with E-state index in [0.717, 1.165) is 24.6 Å². The summed E-state index contributed by atoms with van der Waals surface area (Å²) in [4.78, 5) is 6.78. The monoisotopic (exact) mass is 225 g/mol. The molecule has 2 heterocycles. The largest absolute Gasteiger partial charge is 0.344 e. The number of rotatable bonds is 1. The smallest absolute Gasteiger partial charge is 0.188 e. The van der Waals surface area contributed by atoms with Gasteiger partial charge in [-0.05, 0) is 6.42 Å². The molecule has 0 bridgehead atoms. The first kappa shape index (κ1) is 9.50. The molecule has 1 aromatic heterocycles. The summed E-state index contributed by atoms with van der Waals surface area (Å²) in [6.45, 7) is 1.81. The van der Waals surface area contributed by atoms with Crippen molar-refractivity contribution < 1.29 is 0 Å². The van der Waals surface area contributed by atoms with Gasteiger partial charge in [-0.15, -0.1) is 0 Å². The maximum atomic E-state index is 8.73. The number of aromatic nitrogens is 1. The molecule has 0 radical (unpaired) electrons. The zero-order chi connectivity index (χ0) is 9.97. The lowest BCUT2D eigenvalue weighted by molar-refractivity contribution is 0.816. The van der Waals surface area contributed by atoms with Gasteiger partial charge < -0.3 is 4.90 Å². The highest BCUT2D eigenvalue weighted by atomic mass is 35.5. The number of halogens is 1. The van der Waals surface area contributed by atoms with Crippen LogP contribution >= 0.6 is 22.9 Å². The van der Waals surface area contributed by atoms with Crippen molar-refractivity contribution in [3.05, 3.63) is 22.2 Å². The molecule has 0 aromatic carbocycles. The fourth-order valence-electron chi connectivity index (χ4n) is 1.31. The standard InChI is InChI=1S/C9H8ClN3S/c10-8-7(6-11)14-9(12-8)13-4-2-1-3-5-13/h1-2H,3-5H2. The number of anilines is 1. The van der Waals surface area contributed by atoms with Gasteiger partial charge in [0.2, 0.25) is 0 Å². The van der Waals surface area contributed by atoms with E-state index in [1.165, 1.54) is 11.3 Å². The third-order valence-electron chi connectivity index (χ3n) is 2.00. The highest BCUT2D eigenvalue weighted by molar-refractivity contribution is 7.16. The molecule has 0 unspecified atom stereocenters. The summed E-state index contributed by atoms with van der Waals surface area (Å²) in [5.41, 5.74) is 0. The molecule has 3 nitrogen and oxygen atoms in total. The Labute approximate surface area is 91.2 Å². The fourth-order valence-corrected chi connectivity index (χ4v) is 2.39. The summed E-state index contributed by atoms with van der Waals surface area (Å²) in [5.74, 6) is 0. The summed E-state index contributed by atoms with van der Waals surface area (Å²) in [6.07, 6.45) is 5.28. The van der Waals surface area contributed by atoms with Gasteiger partial charge in [-0.2, -0.15) is 5.26 Å². The Kier molecular flexibility index (Phi) is 2.71. The Bertz CT molecular complexity index is 405. The van der Waals surface area contributed by atoms with E-state index in [1.807, 2.05) is 6.07 Å². The summed E-state index contributed by atoms with van der Waals surface area (Å²) < 4.78 is 0. The van der Waals surface area contributed by atoms with Gasteiger partial charge in [-0.1, -0.05) is 35.1 Å². The average Bonchev–Trinajstić information content (AvgIpc) is 2.61. The normalized spacial score (nSPS) is 15.6. The number of thiazole rings is 1. The van der Waals surface area contributed by atoms with Crippen molar-refractivity contribution in [1.82, 2.24) is 4.98 Å². The maximum Gasteiger partial charge on any atom is 0.188 e. The van der Waals surface area contributed by atoms with Gasteiger partial charge in [0.15, 0.2) is 10.3 Å². The lowest BCUT2D eigenvalue weighted by atomic mass is 10.3. The molecule has 0 atom stereocenters. The van der Waals surface area contributed by atoms with Crippen LogP contribution in [0.1, 0.15) is 11.3 Å². The molecule has 0 amide bonds. The summed E-state index contributed by atoms with van der Waals surface area (Å²) >= 11 is 7.15. The summed E-state index contributed by atoms with van der Waals surface area (Å²) in [5, 5.41) is 9.90. The lowest BCUT2D eigenvalue weighted by Crippen LogP contribution is -2.26. The van der Waals surface area contributed by atoms with E-state index in [-0.39, 0.29) is 0 Å². The number of nitriles is 1. The van der Waals surface area contributed by atoms with E-state index in [0.29, 0.717) is 10.0 Å². The van der Waals surface area contributed by atoms with E-state index in [4.69, 9.17) is 16.9 Å². The first-order valence-electron chi connectivity index (χ1n) is 4.27. The number of hydrogen-bond donors (Lipinski definition) is 0. The molecule has 0 aliphatic carbocycles. The Morgan fingerprint density at radius 1 is 1.57 bits per heavy atom. The molecule has 0 saturated carbocycles. The van der Waals surface area contributed by atoms with E-state index in [2.05, 4.69) is 22.0 Å². The second-order valence-electron chi connectivity index (χ2n) is 2.93. The fraction of sp³-hybridized carbons (Fsp3) is 0.333. The van der Waals surface area contributed by atoms with Crippen LogP contribution in [0.3, 0.4) is 0 Å². The molecule has 5 heteroatoms. The van der Waals surface area contributed by atoms with Gasteiger partial charge in [0.25, 0.3) is 0 Å². The third kappa shape index (κ3) is 1.74. The lowest BCUT2D eigenvalue weighted by Gasteiger charge is -2.21. The van der Waals surface area contributed by atoms with E-state index >= 15 is 0 Å². The Balaban J connectivity index is 2.24. The molecule has 2 rings (SSSR count). The van der Waals surface area contributed by atoms with Crippen LogP contribution in [0.15, 0.2) is 12.2 Å². The first-order valence-corrected chi connectivity index (χ1v) is 5.47. The maximum absolute atomic E-state index is 8.73. The summed E-state index contributed by atoms with van der Waals surface area (Å²) in [7, 11) is 0. The Hall–Kier alpha value is -1.05. The van der Waals surface area contributed by atoms with Crippen LogP contribution in [0.5, 0.6) is 0 Å². The van der Waals surface area contributed by atoms with Crippen molar-refractivity contribution in [1.29, 1.82) is 5.26 Å². The van der Waals surface area contributed by atoms with Gasteiger partial charge in [-0.3, -0.25) is 0 Å². The van der Waals surface area contributed by atoms with Gasteiger partial charge in [-0.25, -0.2) is 4.98 Å². The summed E-state index contributed by atoms with van der Waals surface area (Å²) in [6, 6.07) is 2.03. The molecular weight excluding hydrogens is 218 g/mol. The molecule has 0 saturated heterocycles. The molecule has 72 valence electrons. The van der Waals surface area contributed by atoms with Crippen LogP contribution in [0.25, 0.3) is 0 Å². The van der Waals surface area contributed by atoms with Crippen LogP contribution in [0, 0.1) is 11.3 Å². The predicted octanol–water partition coefficient (Wildman–Crippen LogP) is 2.43. The van der Waals surface area contributed by atoms with Gasteiger partial charge in [0, 0.05) is 13.1 Å². The molecular formula is C9H8ClN3S. The molecule has 0 spiro atoms. The van der Waals surface area contributed by atoms with Crippen molar-refractivity contribution in [2.75, 3.05) is 18.0 Å². The molecule has 0 N–H and O–H groups in total. The van der Waals surface area contributed by atoms with Crippen molar-refractivity contribution in [2.24, 2.45) is 0 Å². The highest BCUT2D eigenvalue weighted by Crippen LogP contribution is 2.29. The minimum absolute atomic E-state index is 0.321. The minimum atomic E-state index is 0.321. The van der Waals surface area contributed by atoms with Crippen LogP contribution in [-0.2, 0) is 0 Å². The van der Waals surface area contributed by atoms with Crippen molar-refractivity contribution in [2.45, 2.75) is 6.42 Å². The average molecular weight is 226 g/mol. The van der Waals surface area contributed by atoms with Crippen LogP contribution < -0.4 is 4.90 Å². The van der Waals surface area contributed by atoms with Crippen LogP contribution in [0.4, 0.5) is 5.13 Å². The van der Waals surface area contributed by atoms with Crippen LogP contribution in [0.2, 0.25) is 5.15 Å². The van der Waals surface area contributed by atoms with Crippen molar-refractivity contribution in [3.8, 4) is 6.07 Å².